The maximum Gasteiger partial charge on any atom is 0.338 e. The van der Waals surface area contributed by atoms with Gasteiger partial charge in [0.25, 0.3) is 0 Å². The number of ketones is 2. The predicted molar refractivity (Wildman–Crippen MR) is 69.5 cm³/mol. The SMILES string of the molecule is CCCCCOC(=O)c1ccc2c(c1)C(=O)CC2=O. The number of rotatable bonds is 5. The molecule has 1 aromatic rings. The van der Waals surface area contributed by atoms with Crippen molar-refractivity contribution in [3.63, 3.8) is 0 Å². The van der Waals surface area contributed by atoms with Crippen molar-refractivity contribution in [1.82, 2.24) is 0 Å². The maximum absolute atomic E-state index is 11.8. The highest BCUT2D eigenvalue weighted by Crippen LogP contribution is 2.23. The third kappa shape index (κ3) is 2.89. The molecule has 0 aliphatic heterocycles. The molecule has 100 valence electrons. The summed E-state index contributed by atoms with van der Waals surface area (Å²) in [6.07, 6.45) is 2.83. The van der Waals surface area contributed by atoms with Crippen LogP contribution in [-0.4, -0.2) is 24.1 Å². The molecule has 0 amide bonds. The van der Waals surface area contributed by atoms with Gasteiger partial charge in [0.05, 0.1) is 18.6 Å². The van der Waals surface area contributed by atoms with E-state index in [1.54, 1.807) is 0 Å². The first-order valence-corrected chi connectivity index (χ1v) is 6.51. The number of Topliss-reactive ketones (excluding diaryl/α,β-unsaturated/α-hetero) is 2. The van der Waals surface area contributed by atoms with Crippen LogP contribution in [0.25, 0.3) is 0 Å². The number of esters is 1. The molecule has 0 radical (unpaired) electrons. The van der Waals surface area contributed by atoms with Crippen molar-refractivity contribution in [3.8, 4) is 0 Å². The van der Waals surface area contributed by atoms with Crippen LogP contribution in [0.4, 0.5) is 0 Å². The molecule has 4 nitrogen and oxygen atoms in total. The normalized spacial score (nSPS) is 13.5. The van der Waals surface area contributed by atoms with Crippen molar-refractivity contribution in [3.05, 3.63) is 34.9 Å². The Morgan fingerprint density at radius 2 is 1.89 bits per heavy atom. The Labute approximate surface area is 111 Å². The van der Waals surface area contributed by atoms with Gasteiger partial charge in [-0.15, -0.1) is 0 Å². The second-order valence-electron chi connectivity index (χ2n) is 4.63. The van der Waals surface area contributed by atoms with E-state index < -0.39 is 5.97 Å². The molecule has 1 aliphatic carbocycles. The first kappa shape index (κ1) is 13.5. The van der Waals surface area contributed by atoms with Crippen LogP contribution in [0.3, 0.4) is 0 Å². The Kier molecular flexibility index (Phi) is 4.10. The molecular weight excluding hydrogens is 244 g/mol. The molecule has 0 spiro atoms. The molecule has 0 saturated carbocycles. The van der Waals surface area contributed by atoms with Gasteiger partial charge in [-0.3, -0.25) is 9.59 Å². The summed E-state index contributed by atoms with van der Waals surface area (Å²) in [5.41, 5.74) is 1.08. The van der Waals surface area contributed by atoms with Gasteiger partial charge in [0.1, 0.15) is 0 Å². The standard InChI is InChI=1S/C15H16O4/c1-2-3-4-7-19-15(18)10-5-6-11-12(8-10)14(17)9-13(11)16/h5-6,8H,2-4,7,9H2,1H3. The van der Waals surface area contributed by atoms with Crippen molar-refractivity contribution in [1.29, 1.82) is 0 Å². The lowest BCUT2D eigenvalue weighted by atomic mass is 10.1. The van der Waals surface area contributed by atoms with Crippen molar-refractivity contribution in [2.24, 2.45) is 0 Å². The monoisotopic (exact) mass is 260 g/mol. The van der Waals surface area contributed by atoms with Gasteiger partial charge in [0, 0.05) is 11.1 Å². The molecule has 2 rings (SSSR count). The van der Waals surface area contributed by atoms with Crippen LogP contribution < -0.4 is 0 Å². The van der Waals surface area contributed by atoms with E-state index in [1.807, 2.05) is 0 Å². The minimum Gasteiger partial charge on any atom is -0.462 e. The number of hydrogen-bond donors (Lipinski definition) is 0. The highest BCUT2D eigenvalue weighted by Gasteiger charge is 2.28. The average molecular weight is 260 g/mol. The number of unbranched alkanes of at least 4 members (excludes halogenated alkanes) is 2. The van der Waals surface area contributed by atoms with Crippen LogP contribution in [0.15, 0.2) is 18.2 Å². The van der Waals surface area contributed by atoms with Crippen LogP contribution in [0.1, 0.15) is 63.7 Å². The van der Waals surface area contributed by atoms with E-state index in [1.165, 1.54) is 18.2 Å². The maximum atomic E-state index is 11.8. The van der Waals surface area contributed by atoms with Crippen LogP contribution in [0, 0.1) is 0 Å². The minimum atomic E-state index is -0.439. The van der Waals surface area contributed by atoms with E-state index in [0.717, 1.165) is 19.3 Å². The fourth-order valence-electron chi connectivity index (χ4n) is 2.08. The molecule has 0 atom stereocenters. The molecule has 0 bridgehead atoms. The summed E-state index contributed by atoms with van der Waals surface area (Å²) in [4.78, 5) is 34.8. The zero-order chi connectivity index (χ0) is 13.8. The third-order valence-corrected chi connectivity index (χ3v) is 3.16. The Balaban J connectivity index is 2.06. The lowest BCUT2D eigenvalue weighted by Crippen LogP contribution is -2.07. The van der Waals surface area contributed by atoms with Crippen LogP contribution in [0.2, 0.25) is 0 Å². The van der Waals surface area contributed by atoms with Crippen LogP contribution >= 0.6 is 0 Å². The van der Waals surface area contributed by atoms with Crippen molar-refractivity contribution in [2.75, 3.05) is 6.61 Å². The fourth-order valence-corrected chi connectivity index (χ4v) is 2.08. The molecular formula is C15H16O4. The molecule has 0 saturated heterocycles. The number of fused-ring (bicyclic) bond motifs is 1. The van der Waals surface area contributed by atoms with E-state index in [0.29, 0.717) is 23.3 Å². The van der Waals surface area contributed by atoms with E-state index in [-0.39, 0.29) is 18.0 Å². The van der Waals surface area contributed by atoms with E-state index in [9.17, 15) is 14.4 Å². The second-order valence-corrected chi connectivity index (χ2v) is 4.63. The van der Waals surface area contributed by atoms with Gasteiger partial charge in [0.2, 0.25) is 0 Å². The zero-order valence-corrected chi connectivity index (χ0v) is 10.9. The lowest BCUT2D eigenvalue weighted by Gasteiger charge is -2.05. The summed E-state index contributed by atoms with van der Waals surface area (Å²) in [6.45, 7) is 2.46. The number of hydrogen-bond acceptors (Lipinski definition) is 4. The summed E-state index contributed by atoms with van der Waals surface area (Å²) < 4.78 is 5.12. The molecule has 0 unspecified atom stereocenters. The minimum absolute atomic E-state index is 0.0929. The summed E-state index contributed by atoms with van der Waals surface area (Å²) in [5, 5.41) is 0. The second kappa shape index (κ2) is 5.78. The molecule has 1 aliphatic rings. The average Bonchev–Trinajstić information content (AvgIpc) is 2.69. The summed E-state index contributed by atoms with van der Waals surface area (Å²) >= 11 is 0. The van der Waals surface area contributed by atoms with Crippen molar-refractivity contribution >= 4 is 17.5 Å². The Morgan fingerprint density at radius 1 is 1.16 bits per heavy atom. The van der Waals surface area contributed by atoms with Gasteiger partial charge in [-0.25, -0.2) is 4.79 Å². The summed E-state index contributed by atoms with van der Waals surface area (Å²) in [7, 11) is 0. The third-order valence-electron chi connectivity index (χ3n) is 3.16. The zero-order valence-electron chi connectivity index (χ0n) is 10.9. The van der Waals surface area contributed by atoms with Crippen molar-refractivity contribution in [2.45, 2.75) is 32.6 Å². The smallest absolute Gasteiger partial charge is 0.338 e. The summed E-state index contributed by atoms with van der Waals surface area (Å²) in [6, 6.07) is 4.54. The van der Waals surface area contributed by atoms with Crippen LogP contribution in [-0.2, 0) is 4.74 Å². The topological polar surface area (TPSA) is 60.4 Å². The van der Waals surface area contributed by atoms with Gasteiger partial charge < -0.3 is 4.74 Å². The van der Waals surface area contributed by atoms with E-state index in [4.69, 9.17) is 4.74 Å². The van der Waals surface area contributed by atoms with Gasteiger partial charge in [-0.2, -0.15) is 0 Å². The molecule has 19 heavy (non-hydrogen) atoms. The Hall–Kier alpha value is -1.97. The number of carbonyl (C=O) groups excluding carboxylic acids is 3. The molecule has 0 fully saturated rings. The summed E-state index contributed by atoms with van der Waals surface area (Å²) in [5.74, 6) is -0.838. The number of carbonyl (C=O) groups is 3. The first-order chi connectivity index (χ1) is 9.13. The van der Waals surface area contributed by atoms with Gasteiger partial charge >= 0.3 is 5.97 Å². The first-order valence-electron chi connectivity index (χ1n) is 6.51. The van der Waals surface area contributed by atoms with Gasteiger partial charge in [0.15, 0.2) is 11.6 Å². The highest BCUT2D eigenvalue weighted by molar-refractivity contribution is 6.24. The number of ether oxygens (including phenoxy) is 1. The molecule has 1 aromatic carbocycles. The molecule has 4 heteroatoms. The lowest BCUT2D eigenvalue weighted by molar-refractivity contribution is 0.0498. The fraction of sp³-hybridized carbons (Fsp3) is 0.400. The Bertz CT molecular complexity index is 531. The number of benzene rings is 1. The Morgan fingerprint density at radius 3 is 2.63 bits per heavy atom. The largest absolute Gasteiger partial charge is 0.462 e. The molecule has 0 heterocycles. The molecule has 0 N–H and O–H groups in total. The van der Waals surface area contributed by atoms with Gasteiger partial charge in [-0.05, 0) is 24.6 Å². The predicted octanol–water partition coefficient (Wildman–Crippen LogP) is 2.80. The van der Waals surface area contributed by atoms with Crippen molar-refractivity contribution < 1.29 is 19.1 Å². The van der Waals surface area contributed by atoms with Gasteiger partial charge in [-0.1, -0.05) is 19.8 Å². The quantitative estimate of drug-likeness (QED) is 0.464. The molecule has 0 aromatic heterocycles. The highest BCUT2D eigenvalue weighted by atomic mass is 16.5. The van der Waals surface area contributed by atoms with Crippen LogP contribution in [0.5, 0.6) is 0 Å². The van der Waals surface area contributed by atoms with E-state index >= 15 is 0 Å². The van der Waals surface area contributed by atoms with E-state index in [2.05, 4.69) is 6.92 Å².